The second-order valence-electron chi connectivity index (χ2n) is 4.18. The minimum absolute atomic E-state index is 0.207. The Morgan fingerprint density at radius 2 is 2.31 bits per heavy atom. The van der Waals surface area contributed by atoms with Crippen molar-refractivity contribution >= 4 is 15.9 Å². The Morgan fingerprint density at radius 3 is 3.00 bits per heavy atom. The van der Waals surface area contributed by atoms with Gasteiger partial charge >= 0.3 is 0 Å². The number of nitrogens with zero attached hydrogens (tertiary/aromatic N) is 1. The molecule has 0 unspecified atom stereocenters. The van der Waals surface area contributed by atoms with Crippen molar-refractivity contribution in [3.63, 3.8) is 0 Å². The van der Waals surface area contributed by atoms with E-state index in [-0.39, 0.29) is 18.5 Å². The number of rotatable bonds is 3. The molecule has 0 aliphatic carbocycles. The molecule has 0 bridgehead atoms. The second-order valence-corrected chi connectivity index (χ2v) is 5.04. The van der Waals surface area contributed by atoms with Crippen LogP contribution in [0.15, 0.2) is 22.7 Å². The molecule has 1 aromatic rings. The van der Waals surface area contributed by atoms with Gasteiger partial charge in [-0.2, -0.15) is 0 Å². The van der Waals surface area contributed by atoms with Crippen molar-refractivity contribution in [3.05, 3.63) is 34.1 Å². The number of benzene rings is 1. The van der Waals surface area contributed by atoms with Crippen molar-refractivity contribution < 1.29 is 9.50 Å². The molecule has 4 heteroatoms. The highest BCUT2D eigenvalue weighted by Gasteiger charge is 2.23. The zero-order chi connectivity index (χ0) is 11.5. The Balaban J connectivity index is 2.08. The summed E-state index contributed by atoms with van der Waals surface area (Å²) in [6.07, 6.45) is 2.18. The number of aliphatic hydroxyl groups is 1. The van der Waals surface area contributed by atoms with Gasteiger partial charge in [-0.25, -0.2) is 4.39 Å². The molecule has 16 heavy (non-hydrogen) atoms. The molecule has 2 rings (SSSR count). The normalized spacial score (nSPS) is 21.6. The van der Waals surface area contributed by atoms with Crippen LogP contribution in [0.25, 0.3) is 0 Å². The first-order valence-electron chi connectivity index (χ1n) is 5.49. The third-order valence-corrected chi connectivity index (χ3v) is 3.84. The van der Waals surface area contributed by atoms with E-state index in [0.717, 1.165) is 36.0 Å². The molecular formula is C12H15BrFNO. The molecule has 2 nitrogen and oxygen atoms in total. The zero-order valence-corrected chi connectivity index (χ0v) is 10.6. The molecule has 1 N–H and O–H groups in total. The molecule has 1 fully saturated rings. The van der Waals surface area contributed by atoms with Crippen LogP contribution in [0.3, 0.4) is 0 Å². The molecule has 88 valence electrons. The Morgan fingerprint density at radius 1 is 1.50 bits per heavy atom. The van der Waals surface area contributed by atoms with Gasteiger partial charge in [0.15, 0.2) is 0 Å². The maximum Gasteiger partial charge on any atom is 0.124 e. The maximum absolute atomic E-state index is 12.9. The largest absolute Gasteiger partial charge is 0.395 e. The average Bonchev–Trinajstić information content (AvgIpc) is 2.69. The molecule has 1 aromatic carbocycles. The van der Waals surface area contributed by atoms with Crippen molar-refractivity contribution in [2.75, 3.05) is 13.2 Å². The van der Waals surface area contributed by atoms with Crippen LogP contribution in [-0.2, 0) is 6.54 Å². The third-order valence-electron chi connectivity index (χ3n) is 3.10. The number of aliphatic hydroxyl groups excluding tert-OH is 1. The van der Waals surface area contributed by atoms with E-state index < -0.39 is 0 Å². The Hall–Kier alpha value is -0.450. The van der Waals surface area contributed by atoms with Crippen LogP contribution in [0.5, 0.6) is 0 Å². The number of hydrogen-bond acceptors (Lipinski definition) is 2. The molecule has 0 aromatic heterocycles. The zero-order valence-electron chi connectivity index (χ0n) is 9.00. The first kappa shape index (κ1) is 12.0. The van der Waals surface area contributed by atoms with Crippen molar-refractivity contribution in [3.8, 4) is 0 Å². The summed E-state index contributed by atoms with van der Waals surface area (Å²) in [6.45, 7) is 1.99. The summed E-state index contributed by atoms with van der Waals surface area (Å²) < 4.78 is 13.7. The minimum Gasteiger partial charge on any atom is -0.395 e. The van der Waals surface area contributed by atoms with Gasteiger partial charge in [-0.05, 0) is 37.1 Å². The Bertz CT molecular complexity index is 372. The molecule has 0 saturated carbocycles. The fourth-order valence-electron chi connectivity index (χ4n) is 2.18. The molecule has 1 atom stereocenters. The van der Waals surface area contributed by atoms with Crippen LogP contribution in [0, 0.1) is 5.82 Å². The third kappa shape index (κ3) is 2.62. The average molecular weight is 288 g/mol. The summed E-state index contributed by atoms with van der Waals surface area (Å²) in [5.74, 6) is -0.226. The topological polar surface area (TPSA) is 23.5 Å². The molecule has 1 heterocycles. The van der Waals surface area contributed by atoms with Crippen molar-refractivity contribution in [2.24, 2.45) is 0 Å². The van der Waals surface area contributed by atoms with Gasteiger partial charge < -0.3 is 5.11 Å². The first-order chi connectivity index (χ1) is 7.70. The van der Waals surface area contributed by atoms with E-state index in [4.69, 9.17) is 0 Å². The van der Waals surface area contributed by atoms with Gasteiger partial charge in [0.05, 0.1) is 6.61 Å². The molecule has 0 radical (unpaired) electrons. The maximum atomic E-state index is 12.9. The molecule has 1 aliphatic heterocycles. The van der Waals surface area contributed by atoms with Crippen molar-refractivity contribution in [1.29, 1.82) is 0 Å². The molecule has 1 saturated heterocycles. The lowest BCUT2D eigenvalue weighted by molar-refractivity contribution is 0.153. The summed E-state index contributed by atoms with van der Waals surface area (Å²) in [4.78, 5) is 2.25. The fraction of sp³-hybridized carbons (Fsp3) is 0.500. The molecular weight excluding hydrogens is 273 g/mol. The van der Waals surface area contributed by atoms with Gasteiger partial charge in [0.1, 0.15) is 5.82 Å². The van der Waals surface area contributed by atoms with Crippen LogP contribution < -0.4 is 0 Å². The van der Waals surface area contributed by atoms with E-state index >= 15 is 0 Å². The van der Waals surface area contributed by atoms with E-state index in [9.17, 15) is 9.50 Å². The summed E-state index contributed by atoms with van der Waals surface area (Å²) >= 11 is 3.37. The highest BCUT2D eigenvalue weighted by Crippen LogP contribution is 2.24. The smallest absolute Gasteiger partial charge is 0.124 e. The van der Waals surface area contributed by atoms with E-state index in [2.05, 4.69) is 20.8 Å². The van der Waals surface area contributed by atoms with Gasteiger partial charge in [-0.15, -0.1) is 0 Å². The highest BCUT2D eigenvalue weighted by molar-refractivity contribution is 9.10. The Kier molecular flexibility index (Phi) is 3.95. The lowest BCUT2D eigenvalue weighted by Gasteiger charge is -2.23. The van der Waals surface area contributed by atoms with Gasteiger partial charge in [0, 0.05) is 17.1 Å². The SMILES string of the molecule is OC[C@H]1CCCN1Cc1ccc(F)cc1Br. The van der Waals surface area contributed by atoms with Crippen LogP contribution in [-0.4, -0.2) is 29.2 Å². The predicted molar refractivity (Wildman–Crippen MR) is 64.6 cm³/mol. The van der Waals surface area contributed by atoms with Crippen molar-refractivity contribution in [2.45, 2.75) is 25.4 Å². The summed E-state index contributed by atoms with van der Waals surface area (Å²) in [5, 5.41) is 9.21. The summed E-state index contributed by atoms with van der Waals surface area (Å²) in [6, 6.07) is 5.02. The highest BCUT2D eigenvalue weighted by atomic mass is 79.9. The lowest BCUT2D eigenvalue weighted by atomic mass is 10.2. The molecule has 1 aliphatic rings. The monoisotopic (exact) mass is 287 g/mol. The van der Waals surface area contributed by atoms with Crippen LogP contribution >= 0.6 is 15.9 Å². The molecule has 0 amide bonds. The van der Waals surface area contributed by atoms with E-state index in [0.29, 0.717) is 0 Å². The number of likely N-dealkylation sites (tertiary alicyclic amines) is 1. The van der Waals surface area contributed by atoms with E-state index in [1.807, 2.05) is 0 Å². The first-order valence-corrected chi connectivity index (χ1v) is 6.29. The predicted octanol–water partition coefficient (Wildman–Crippen LogP) is 2.54. The van der Waals surface area contributed by atoms with Gasteiger partial charge in [0.2, 0.25) is 0 Å². The lowest BCUT2D eigenvalue weighted by Crippen LogP contribution is -2.31. The minimum atomic E-state index is -0.226. The van der Waals surface area contributed by atoms with Gasteiger partial charge in [0.25, 0.3) is 0 Å². The van der Waals surface area contributed by atoms with Crippen molar-refractivity contribution in [1.82, 2.24) is 4.90 Å². The summed E-state index contributed by atoms with van der Waals surface area (Å²) in [5.41, 5.74) is 1.07. The van der Waals surface area contributed by atoms with E-state index in [1.165, 1.54) is 12.1 Å². The van der Waals surface area contributed by atoms with Crippen LogP contribution in [0.1, 0.15) is 18.4 Å². The van der Waals surface area contributed by atoms with Crippen LogP contribution in [0.4, 0.5) is 4.39 Å². The van der Waals surface area contributed by atoms with Gasteiger partial charge in [-0.1, -0.05) is 22.0 Å². The Labute approximate surface area is 103 Å². The number of halogens is 2. The number of hydrogen-bond donors (Lipinski definition) is 1. The molecule has 0 spiro atoms. The quantitative estimate of drug-likeness (QED) is 0.924. The van der Waals surface area contributed by atoms with Gasteiger partial charge in [-0.3, -0.25) is 4.90 Å². The summed E-state index contributed by atoms with van der Waals surface area (Å²) in [7, 11) is 0. The second kappa shape index (κ2) is 5.25. The standard InChI is InChI=1S/C12H15BrFNO/c13-12-6-10(14)4-3-9(12)7-15-5-1-2-11(15)8-16/h3-4,6,11,16H,1-2,5,7-8H2/t11-/m1/s1. The fourth-order valence-corrected chi connectivity index (χ4v) is 2.66. The van der Waals surface area contributed by atoms with E-state index in [1.54, 1.807) is 6.07 Å². The van der Waals surface area contributed by atoms with Crippen LogP contribution in [0.2, 0.25) is 0 Å².